The van der Waals surface area contributed by atoms with Crippen molar-refractivity contribution in [3.05, 3.63) is 22.4 Å². The summed E-state index contributed by atoms with van der Waals surface area (Å²) >= 11 is 1.83. The lowest BCUT2D eigenvalue weighted by Gasteiger charge is -2.30. The summed E-state index contributed by atoms with van der Waals surface area (Å²) in [5.74, 6) is 0.714. The third-order valence-corrected chi connectivity index (χ3v) is 3.74. The number of hydrogen-bond acceptors (Lipinski definition) is 3. The number of thiophene rings is 1. The molecule has 3 heteroatoms. The summed E-state index contributed by atoms with van der Waals surface area (Å²) in [6, 6.07) is 4.84. The van der Waals surface area contributed by atoms with Crippen LogP contribution >= 0.6 is 11.3 Å². The topological polar surface area (TPSA) is 29.3 Å². The van der Waals surface area contributed by atoms with Gasteiger partial charge in [0.1, 0.15) is 0 Å². The molecule has 0 aliphatic carbocycles. The number of likely N-dealkylation sites (N-methyl/N-ethyl adjacent to an activating group) is 1. The summed E-state index contributed by atoms with van der Waals surface area (Å²) < 4.78 is 0. The van der Waals surface area contributed by atoms with Gasteiger partial charge in [-0.15, -0.1) is 11.3 Å². The van der Waals surface area contributed by atoms with Crippen molar-refractivity contribution in [2.45, 2.75) is 39.8 Å². The molecule has 0 aliphatic heterocycles. The van der Waals surface area contributed by atoms with E-state index in [1.54, 1.807) is 0 Å². The summed E-state index contributed by atoms with van der Waals surface area (Å²) in [5, 5.41) is 2.14. The van der Waals surface area contributed by atoms with Gasteiger partial charge < -0.3 is 5.73 Å². The number of nitrogens with zero attached hydrogens (tertiary/aromatic N) is 1. The Kier molecular flexibility index (Phi) is 6.03. The van der Waals surface area contributed by atoms with Crippen LogP contribution < -0.4 is 5.73 Å². The number of rotatable bonds is 7. The Labute approximate surface area is 103 Å². The van der Waals surface area contributed by atoms with Crippen LogP contribution in [-0.2, 0) is 6.54 Å². The van der Waals surface area contributed by atoms with Gasteiger partial charge in [0.15, 0.2) is 0 Å². The van der Waals surface area contributed by atoms with E-state index >= 15 is 0 Å². The quantitative estimate of drug-likeness (QED) is 0.794. The molecule has 1 aromatic heterocycles. The third-order valence-electron chi connectivity index (χ3n) is 2.88. The van der Waals surface area contributed by atoms with E-state index in [0.717, 1.165) is 19.6 Å². The first-order valence-electron chi connectivity index (χ1n) is 6.13. The van der Waals surface area contributed by atoms with E-state index in [9.17, 15) is 0 Å². The van der Waals surface area contributed by atoms with E-state index in [4.69, 9.17) is 5.73 Å². The molecule has 0 radical (unpaired) electrons. The van der Waals surface area contributed by atoms with Crippen LogP contribution in [0.5, 0.6) is 0 Å². The summed E-state index contributed by atoms with van der Waals surface area (Å²) in [5.41, 5.74) is 5.89. The molecular weight excluding hydrogens is 216 g/mol. The normalized spacial score (nSPS) is 13.6. The van der Waals surface area contributed by atoms with Crippen LogP contribution in [0.25, 0.3) is 0 Å². The first-order chi connectivity index (χ1) is 7.67. The van der Waals surface area contributed by atoms with Crippen LogP contribution in [0.4, 0.5) is 0 Å². The maximum absolute atomic E-state index is 5.89. The number of nitrogens with two attached hydrogens (primary N) is 1. The van der Waals surface area contributed by atoms with Crippen LogP contribution in [0, 0.1) is 5.92 Å². The van der Waals surface area contributed by atoms with E-state index in [2.05, 4.69) is 43.2 Å². The van der Waals surface area contributed by atoms with Gasteiger partial charge in [-0.1, -0.05) is 26.8 Å². The maximum atomic E-state index is 5.89. The van der Waals surface area contributed by atoms with Gasteiger partial charge in [-0.05, 0) is 30.3 Å². The van der Waals surface area contributed by atoms with Crippen molar-refractivity contribution < 1.29 is 0 Å². The van der Waals surface area contributed by atoms with Gasteiger partial charge in [-0.3, -0.25) is 4.90 Å². The molecule has 2 N–H and O–H groups in total. The summed E-state index contributed by atoms with van der Waals surface area (Å²) in [6.45, 7) is 9.63. The highest BCUT2D eigenvalue weighted by molar-refractivity contribution is 7.09. The van der Waals surface area contributed by atoms with Gasteiger partial charge in [0.05, 0.1) is 0 Å². The Morgan fingerprint density at radius 2 is 2.19 bits per heavy atom. The third kappa shape index (κ3) is 4.24. The van der Waals surface area contributed by atoms with Gasteiger partial charge in [0, 0.05) is 24.0 Å². The molecule has 0 saturated carbocycles. The highest BCUT2D eigenvalue weighted by atomic mass is 32.1. The van der Waals surface area contributed by atoms with Crippen molar-refractivity contribution in [2.24, 2.45) is 11.7 Å². The molecule has 1 rings (SSSR count). The number of hydrogen-bond donors (Lipinski definition) is 1. The standard InChI is InChI=1S/C13H24N2S/c1-4-15(10-13-6-5-7-16-13)12(9-14)8-11(2)3/h5-7,11-12H,4,8-10,14H2,1-3H3. The second-order valence-corrected chi connectivity index (χ2v) is 5.69. The lowest BCUT2D eigenvalue weighted by molar-refractivity contribution is 0.180. The summed E-state index contributed by atoms with van der Waals surface area (Å²) in [7, 11) is 0. The maximum Gasteiger partial charge on any atom is 0.0331 e. The molecule has 0 amide bonds. The predicted octanol–water partition coefficient (Wildman–Crippen LogP) is 2.94. The van der Waals surface area contributed by atoms with Crippen molar-refractivity contribution in [1.29, 1.82) is 0 Å². The molecule has 1 aromatic rings. The van der Waals surface area contributed by atoms with Gasteiger partial charge >= 0.3 is 0 Å². The van der Waals surface area contributed by atoms with Crippen LogP contribution in [0.15, 0.2) is 17.5 Å². The van der Waals surface area contributed by atoms with E-state index in [0.29, 0.717) is 12.0 Å². The zero-order valence-electron chi connectivity index (χ0n) is 10.6. The predicted molar refractivity (Wildman–Crippen MR) is 72.7 cm³/mol. The fourth-order valence-corrected chi connectivity index (χ4v) is 2.77. The molecule has 1 atom stereocenters. The minimum atomic E-state index is 0.520. The van der Waals surface area contributed by atoms with Crippen molar-refractivity contribution in [2.75, 3.05) is 13.1 Å². The fraction of sp³-hybridized carbons (Fsp3) is 0.692. The SMILES string of the molecule is CCN(Cc1cccs1)C(CN)CC(C)C. The minimum Gasteiger partial charge on any atom is -0.329 e. The van der Waals surface area contributed by atoms with E-state index in [1.807, 2.05) is 11.3 Å². The lowest BCUT2D eigenvalue weighted by atomic mass is 10.0. The van der Waals surface area contributed by atoms with Crippen molar-refractivity contribution >= 4 is 11.3 Å². The van der Waals surface area contributed by atoms with Crippen molar-refractivity contribution in [1.82, 2.24) is 4.90 Å². The zero-order chi connectivity index (χ0) is 12.0. The van der Waals surface area contributed by atoms with Gasteiger partial charge in [0.25, 0.3) is 0 Å². The second-order valence-electron chi connectivity index (χ2n) is 4.66. The molecule has 2 nitrogen and oxygen atoms in total. The molecule has 0 spiro atoms. The average molecular weight is 240 g/mol. The van der Waals surface area contributed by atoms with E-state index in [-0.39, 0.29) is 0 Å². The Hall–Kier alpha value is -0.380. The molecule has 1 unspecified atom stereocenters. The molecule has 0 aromatic carbocycles. The molecule has 0 bridgehead atoms. The smallest absolute Gasteiger partial charge is 0.0331 e. The molecule has 16 heavy (non-hydrogen) atoms. The van der Waals surface area contributed by atoms with E-state index in [1.165, 1.54) is 11.3 Å². The van der Waals surface area contributed by atoms with Gasteiger partial charge in [-0.2, -0.15) is 0 Å². The van der Waals surface area contributed by atoms with Crippen molar-refractivity contribution in [3.63, 3.8) is 0 Å². The van der Waals surface area contributed by atoms with Crippen LogP contribution in [-0.4, -0.2) is 24.0 Å². The monoisotopic (exact) mass is 240 g/mol. The van der Waals surface area contributed by atoms with Crippen LogP contribution in [0.1, 0.15) is 32.1 Å². The van der Waals surface area contributed by atoms with Crippen LogP contribution in [0.3, 0.4) is 0 Å². The molecule has 1 heterocycles. The second kappa shape index (κ2) is 7.05. The summed E-state index contributed by atoms with van der Waals surface area (Å²) in [6.07, 6.45) is 1.19. The minimum absolute atomic E-state index is 0.520. The van der Waals surface area contributed by atoms with Gasteiger partial charge in [-0.25, -0.2) is 0 Å². The molecular formula is C13H24N2S. The van der Waals surface area contributed by atoms with Crippen molar-refractivity contribution in [3.8, 4) is 0 Å². The Bertz CT molecular complexity index is 269. The summed E-state index contributed by atoms with van der Waals surface area (Å²) in [4.78, 5) is 3.93. The first-order valence-corrected chi connectivity index (χ1v) is 7.01. The fourth-order valence-electron chi connectivity index (χ4n) is 2.04. The molecule has 0 fully saturated rings. The molecule has 0 aliphatic rings. The highest BCUT2D eigenvalue weighted by Gasteiger charge is 2.17. The zero-order valence-corrected chi connectivity index (χ0v) is 11.5. The highest BCUT2D eigenvalue weighted by Crippen LogP contribution is 2.17. The van der Waals surface area contributed by atoms with Gasteiger partial charge in [0.2, 0.25) is 0 Å². The Morgan fingerprint density at radius 3 is 2.62 bits per heavy atom. The largest absolute Gasteiger partial charge is 0.329 e. The molecule has 92 valence electrons. The Morgan fingerprint density at radius 1 is 1.44 bits per heavy atom. The molecule has 0 saturated heterocycles. The lowest BCUT2D eigenvalue weighted by Crippen LogP contribution is -2.40. The average Bonchev–Trinajstić information content (AvgIpc) is 2.75. The first kappa shape index (κ1) is 13.7. The Balaban J connectivity index is 2.56. The van der Waals surface area contributed by atoms with E-state index < -0.39 is 0 Å². The van der Waals surface area contributed by atoms with Crippen LogP contribution in [0.2, 0.25) is 0 Å².